The first-order valence-electron chi connectivity index (χ1n) is 24.3. The standard InChI is InChI=1S/C51H62Cl3N3O20S/c1-29(47(63)68-22-23-78(65,66)37-20-14-9-15-21-37)55-46(62)30(2)72-44-40(56-31(3)58)48(70-25-36-18-12-8-13-19-36)75-38(26-67-24-35-16-10-7-11-17-35)43(44)77-49-41(57-50(64)71-28-51(52,53)54)45(74-34(6)61)42(73-33(5)60)39(76-49)27-69-32(4)59/h7-21,29-30,38-45,48-49H,22-28H2,1-6H3,(H,55,62)(H,56,58)(H,57,64)/t29-,30+,38+,39+,40+,41+,42+,43+,44+,45+,48-,49-/m0/s1. The first-order chi connectivity index (χ1) is 36.9. The van der Waals surface area contributed by atoms with Crippen LogP contribution in [0.15, 0.2) is 95.9 Å². The van der Waals surface area contributed by atoms with Crippen LogP contribution in [0.1, 0.15) is 52.7 Å². The summed E-state index contributed by atoms with van der Waals surface area (Å²) in [5.74, 6) is -5.75. The summed E-state index contributed by atoms with van der Waals surface area (Å²) in [6.45, 7) is 4.54. The third kappa shape index (κ3) is 20.2. The molecule has 0 radical (unpaired) electrons. The lowest BCUT2D eigenvalue weighted by atomic mass is 9.93. The number of amides is 3. The molecule has 0 aliphatic carbocycles. The van der Waals surface area contributed by atoms with Gasteiger partial charge in [-0.2, -0.15) is 0 Å². The molecule has 0 aromatic heterocycles. The summed E-state index contributed by atoms with van der Waals surface area (Å²) in [7, 11) is -3.82. The van der Waals surface area contributed by atoms with E-state index < -0.39 is 154 Å². The zero-order valence-electron chi connectivity index (χ0n) is 43.2. The molecule has 3 amide bonds. The van der Waals surface area contributed by atoms with E-state index in [0.29, 0.717) is 5.56 Å². The molecular weight excluding hydrogens is 1110 g/mol. The number of rotatable bonds is 25. The Hall–Kier alpha value is -5.67. The molecule has 27 heteroatoms. The molecule has 0 bridgehead atoms. The zero-order valence-corrected chi connectivity index (χ0v) is 46.3. The molecule has 0 unspecified atom stereocenters. The molecule has 2 aliphatic rings. The van der Waals surface area contributed by atoms with Gasteiger partial charge in [0.1, 0.15) is 68.5 Å². The number of nitrogens with one attached hydrogen (secondary N) is 3. The fraction of sp³-hybridized carbons (Fsp3) is 0.510. The number of halogens is 3. The van der Waals surface area contributed by atoms with E-state index in [1.807, 2.05) is 6.07 Å². The van der Waals surface area contributed by atoms with Gasteiger partial charge in [0.05, 0.1) is 30.5 Å². The minimum atomic E-state index is -3.82. The predicted octanol–water partition coefficient (Wildman–Crippen LogP) is 3.95. The van der Waals surface area contributed by atoms with E-state index in [1.54, 1.807) is 72.8 Å². The van der Waals surface area contributed by atoms with E-state index in [4.69, 9.17) is 86.9 Å². The van der Waals surface area contributed by atoms with Crippen molar-refractivity contribution in [1.29, 1.82) is 0 Å². The molecule has 2 heterocycles. The van der Waals surface area contributed by atoms with Crippen LogP contribution in [0.3, 0.4) is 0 Å². The van der Waals surface area contributed by atoms with Crippen molar-refractivity contribution >= 4 is 86.4 Å². The SMILES string of the molecule is CC(=O)N[C@H]1[C@@H](OCc2ccccc2)O[C@H](COCc2ccccc2)[C@@H](O[C@@H]2O[C@H](COC(C)=O)[C@@H](OC(C)=O)[C@H](OC(C)=O)[C@H]2NC(=O)OCC(Cl)(Cl)Cl)[C@@H]1O[C@H](C)C(=O)N[C@@H](C)C(=O)OCCS(=O)(=O)c1ccccc1. The largest absolute Gasteiger partial charge is 0.463 e. The number of ether oxygens (including phenoxy) is 11. The van der Waals surface area contributed by atoms with Crippen LogP contribution in [0, 0.1) is 0 Å². The van der Waals surface area contributed by atoms with Crippen molar-refractivity contribution in [3.05, 3.63) is 102 Å². The van der Waals surface area contributed by atoms with Crippen LogP contribution in [-0.4, -0.2) is 160 Å². The van der Waals surface area contributed by atoms with Crippen molar-refractivity contribution in [1.82, 2.24) is 16.0 Å². The fourth-order valence-corrected chi connectivity index (χ4v) is 9.25. The summed E-state index contributed by atoms with van der Waals surface area (Å²) in [5, 5.41) is 7.74. The monoisotopic (exact) mass is 1170 g/mol. The Morgan fingerprint density at radius 2 is 1.19 bits per heavy atom. The molecular formula is C51H62Cl3N3O20S. The number of alkyl halides is 3. The van der Waals surface area contributed by atoms with Gasteiger partial charge in [0.15, 0.2) is 34.6 Å². The number of alkyl carbamates (subject to hydrolysis) is 1. The topological polar surface area (TPSA) is 291 Å². The number of hydrogen-bond donors (Lipinski definition) is 3. The van der Waals surface area contributed by atoms with Gasteiger partial charge in [0.2, 0.25) is 15.6 Å². The zero-order chi connectivity index (χ0) is 57.2. The second kappa shape index (κ2) is 30.1. The van der Waals surface area contributed by atoms with Crippen molar-refractivity contribution in [2.45, 2.75) is 137 Å². The summed E-state index contributed by atoms with van der Waals surface area (Å²) in [6.07, 6.45) is -15.6. The van der Waals surface area contributed by atoms with Crippen LogP contribution in [0.2, 0.25) is 0 Å². The highest BCUT2D eigenvalue weighted by Crippen LogP contribution is 2.35. The Kier molecular flexibility index (Phi) is 24.3. The Balaban J connectivity index is 1.58. The van der Waals surface area contributed by atoms with Gasteiger partial charge in [-0.1, -0.05) is 114 Å². The molecule has 23 nitrogen and oxygen atoms in total. The Bertz CT molecular complexity index is 2590. The first kappa shape index (κ1) is 63.2. The van der Waals surface area contributed by atoms with Crippen LogP contribution in [0.25, 0.3) is 0 Å². The number of esters is 4. The average Bonchev–Trinajstić information content (AvgIpc) is 3.45. The third-order valence-electron chi connectivity index (χ3n) is 11.5. The first-order valence-corrected chi connectivity index (χ1v) is 27.1. The van der Waals surface area contributed by atoms with Crippen molar-refractivity contribution in [2.75, 3.05) is 32.2 Å². The average molecular weight is 1180 g/mol. The number of carbonyl (C=O) groups excluding carboxylic acids is 7. The van der Waals surface area contributed by atoms with Crippen molar-refractivity contribution < 1.29 is 94.1 Å². The van der Waals surface area contributed by atoms with Gasteiger partial charge in [-0.05, 0) is 37.1 Å². The van der Waals surface area contributed by atoms with E-state index >= 15 is 0 Å². The second-order valence-corrected chi connectivity index (χ2v) is 22.4. The van der Waals surface area contributed by atoms with Crippen LogP contribution >= 0.6 is 34.8 Å². The normalized spacial score (nSPS) is 24.0. The maximum atomic E-state index is 14.1. The molecule has 2 aliphatic heterocycles. The molecule has 428 valence electrons. The Morgan fingerprint density at radius 1 is 0.641 bits per heavy atom. The minimum Gasteiger partial charge on any atom is -0.463 e. The van der Waals surface area contributed by atoms with Crippen LogP contribution in [0.4, 0.5) is 4.79 Å². The summed E-state index contributed by atoms with van der Waals surface area (Å²) in [6, 6.07) is 20.9. The van der Waals surface area contributed by atoms with Gasteiger partial charge in [0, 0.05) is 27.7 Å². The summed E-state index contributed by atoms with van der Waals surface area (Å²) >= 11 is 17.7. The Labute approximate surface area is 465 Å². The third-order valence-corrected chi connectivity index (χ3v) is 13.5. The van der Waals surface area contributed by atoms with Crippen molar-refractivity contribution in [2.24, 2.45) is 0 Å². The van der Waals surface area contributed by atoms with Crippen molar-refractivity contribution in [3.8, 4) is 0 Å². The second-order valence-electron chi connectivity index (χ2n) is 17.8. The molecule has 5 rings (SSSR count). The van der Waals surface area contributed by atoms with Gasteiger partial charge in [-0.25, -0.2) is 18.0 Å². The van der Waals surface area contributed by atoms with Crippen molar-refractivity contribution in [3.63, 3.8) is 0 Å². The van der Waals surface area contributed by atoms with Crippen LogP contribution < -0.4 is 16.0 Å². The fourth-order valence-electron chi connectivity index (χ4n) is 7.98. The summed E-state index contributed by atoms with van der Waals surface area (Å²) in [4.78, 5) is 92.0. The maximum absolute atomic E-state index is 14.1. The van der Waals surface area contributed by atoms with Gasteiger partial charge in [0.25, 0.3) is 0 Å². The highest BCUT2D eigenvalue weighted by atomic mass is 35.6. The molecule has 3 aromatic carbocycles. The van der Waals surface area contributed by atoms with Gasteiger partial charge in [-0.3, -0.25) is 24.0 Å². The molecule has 2 saturated heterocycles. The van der Waals surface area contributed by atoms with Gasteiger partial charge >= 0.3 is 30.0 Å². The summed E-state index contributed by atoms with van der Waals surface area (Å²) in [5.41, 5.74) is 1.43. The molecule has 2 fully saturated rings. The van der Waals surface area contributed by atoms with Crippen LogP contribution in [-0.2, 0) is 104 Å². The molecule has 3 N–H and O–H groups in total. The number of carbonyl (C=O) groups is 7. The predicted molar refractivity (Wildman–Crippen MR) is 275 cm³/mol. The highest BCUT2D eigenvalue weighted by molar-refractivity contribution is 7.91. The maximum Gasteiger partial charge on any atom is 0.407 e. The molecule has 0 spiro atoms. The lowest BCUT2D eigenvalue weighted by molar-refractivity contribution is -0.340. The van der Waals surface area contributed by atoms with E-state index in [-0.39, 0.29) is 24.7 Å². The smallest absolute Gasteiger partial charge is 0.407 e. The van der Waals surface area contributed by atoms with Gasteiger partial charge < -0.3 is 68.1 Å². The number of sulfone groups is 1. The van der Waals surface area contributed by atoms with E-state index in [0.717, 1.165) is 26.3 Å². The molecule has 3 aromatic rings. The highest BCUT2D eigenvalue weighted by Gasteiger charge is 2.56. The molecule has 78 heavy (non-hydrogen) atoms. The Morgan fingerprint density at radius 3 is 1.77 bits per heavy atom. The lowest BCUT2D eigenvalue weighted by Crippen LogP contribution is -2.71. The minimum absolute atomic E-state index is 0.0107. The van der Waals surface area contributed by atoms with E-state index in [9.17, 15) is 42.0 Å². The molecule has 0 saturated carbocycles. The number of benzene rings is 3. The summed E-state index contributed by atoms with van der Waals surface area (Å²) < 4.78 is 89.6. The lowest BCUT2D eigenvalue weighted by Gasteiger charge is -2.50. The van der Waals surface area contributed by atoms with Gasteiger partial charge in [-0.15, -0.1) is 0 Å². The molecule has 12 atom stereocenters. The van der Waals surface area contributed by atoms with E-state index in [1.165, 1.54) is 32.9 Å². The quantitative estimate of drug-likeness (QED) is 0.0615. The number of hydrogen-bond acceptors (Lipinski definition) is 20. The van der Waals surface area contributed by atoms with Crippen LogP contribution in [0.5, 0.6) is 0 Å². The van der Waals surface area contributed by atoms with E-state index in [2.05, 4.69) is 16.0 Å².